The maximum atomic E-state index is 12.7. The lowest BCUT2D eigenvalue weighted by Gasteiger charge is -2.17. The van der Waals surface area contributed by atoms with Crippen LogP contribution >= 0.6 is 0 Å². The molecule has 0 saturated heterocycles. The van der Waals surface area contributed by atoms with Gasteiger partial charge in [0.25, 0.3) is 0 Å². The number of aryl methyl sites for hydroxylation is 1. The van der Waals surface area contributed by atoms with Gasteiger partial charge in [0.15, 0.2) is 17.3 Å². The standard InChI is InChI=1S/C28H28N2O7/c1-19-10-13-22(14-11-19)26(32)36-25-16-20(12-15-24(25)37-27(33)29(2)3)18-35-28(34)30(4)17-23(31)21-8-6-5-7-9-21/h5-16H,17-18H2,1-4H3. The molecule has 0 bridgehead atoms. The minimum atomic E-state index is -0.703. The lowest BCUT2D eigenvalue weighted by atomic mass is 10.1. The highest BCUT2D eigenvalue weighted by molar-refractivity contribution is 5.98. The quantitative estimate of drug-likeness (QED) is 0.248. The van der Waals surface area contributed by atoms with Gasteiger partial charge in [0.1, 0.15) is 6.61 Å². The van der Waals surface area contributed by atoms with Crippen LogP contribution in [0.2, 0.25) is 0 Å². The van der Waals surface area contributed by atoms with E-state index in [0.29, 0.717) is 16.7 Å². The van der Waals surface area contributed by atoms with Gasteiger partial charge < -0.3 is 24.0 Å². The molecule has 0 aliphatic rings. The van der Waals surface area contributed by atoms with E-state index in [0.717, 1.165) is 5.56 Å². The Bertz CT molecular complexity index is 1270. The number of ketones is 1. The van der Waals surface area contributed by atoms with Crippen molar-refractivity contribution in [2.75, 3.05) is 27.7 Å². The van der Waals surface area contributed by atoms with E-state index in [2.05, 4.69) is 0 Å². The number of likely N-dealkylation sites (N-methyl/N-ethyl adjacent to an activating group) is 1. The number of ether oxygens (including phenoxy) is 3. The second-order valence-electron chi connectivity index (χ2n) is 8.50. The Hall–Kier alpha value is -4.66. The minimum Gasteiger partial charge on any atom is -0.445 e. The van der Waals surface area contributed by atoms with Crippen LogP contribution < -0.4 is 9.47 Å². The summed E-state index contributed by atoms with van der Waals surface area (Å²) in [5.74, 6) is -0.852. The number of carbonyl (C=O) groups excluding carboxylic acids is 4. The van der Waals surface area contributed by atoms with E-state index < -0.39 is 18.2 Å². The smallest absolute Gasteiger partial charge is 0.414 e. The molecule has 3 aromatic rings. The summed E-state index contributed by atoms with van der Waals surface area (Å²) in [4.78, 5) is 52.0. The van der Waals surface area contributed by atoms with E-state index in [1.165, 1.54) is 43.1 Å². The largest absolute Gasteiger partial charge is 0.445 e. The molecule has 9 nitrogen and oxygen atoms in total. The van der Waals surface area contributed by atoms with Gasteiger partial charge >= 0.3 is 18.2 Å². The first-order valence-corrected chi connectivity index (χ1v) is 11.4. The van der Waals surface area contributed by atoms with E-state index in [4.69, 9.17) is 14.2 Å². The molecule has 0 aliphatic heterocycles. The zero-order chi connectivity index (χ0) is 26.9. The van der Waals surface area contributed by atoms with Crippen LogP contribution in [0.4, 0.5) is 9.59 Å². The monoisotopic (exact) mass is 504 g/mol. The number of hydrogen-bond acceptors (Lipinski definition) is 7. The molecule has 37 heavy (non-hydrogen) atoms. The molecule has 0 aromatic heterocycles. The average Bonchev–Trinajstić information content (AvgIpc) is 2.89. The van der Waals surface area contributed by atoms with E-state index >= 15 is 0 Å². The molecule has 0 saturated carbocycles. The highest BCUT2D eigenvalue weighted by atomic mass is 16.6. The summed E-state index contributed by atoms with van der Waals surface area (Å²) in [5.41, 5.74) is 2.27. The van der Waals surface area contributed by atoms with Gasteiger partial charge in [-0.2, -0.15) is 0 Å². The molecule has 0 spiro atoms. The molecule has 2 amide bonds. The lowest BCUT2D eigenvalue weighted by molar-refractivity contribution is 0.0726. The Morgan fingerprint density at radius 1 is 0.730 bits per heavy atom. The van der Waals surface area contributed by atoms with Crippen LogP contribution in [0.25, 0.3) is 0 Å². The Labute approximate surface area is 215 Å². The fourth-order valence-electron chi connectivity index (χ4n) is 3.09. The molecular weight excluding hydrogens is 476 g/mol. The molecule has 0 heterocycles. The predicted molar refractivity (Wildman–Crippen MR) is 136 cm³/mol. The second kappa shape index (κ2) is 12.3. The number of nitrogens with zero attached hydrogens (tertiary/aromatic N) is 2. The number of benzene rings is 3. The van der Waals surface area contributed by atoms with Crippen molar-refractivity contribution >= 4 is 23.9 Å². The number of hydrogen-bond donors (Lipinski definition) is 0. The second-order valence-corrected chi connectivity index (χ2v) is 8.50. The van der Waals surface area contributed by atoms with Gasteiger partial charge in [-0.05, 0) is 36.8 Å². The lowest BCUT2D eigenvalue weighted by Crippen LogP contribution is -2.32. The molecule has 0 unspecified atom stereocenters. The van der Waals surface area contributed by atoms with Crippen molar-refractivity contribution in [1.29, 1.82) is 0 Å². The summed E-state index contributed by atoms with van der Waals surface area (Å²) < 4.78 is 16.2. The van der Waals surface area contributed by atoms with Crippen LogP contribution in [-0.4, -0.2) is 61.4 Å². The predicted octanol–water partition coefficient (Wildman–Crippen LogP) is 4.73. The topological polar surface area (TPSA) is 102 Å². The SMILES string of the molecule is Cc1ccc(C(=O)Oc2cc(COC(=O)N(C)CC(=O)c3ccccc3)ccc2OC(=O)N(C)C)cc1. The van der Waals surface area contributed by atoms with Crippen molar-refractivity contribution in [3.8, 4) is 11.5 Å². The first kappa shape index (κ1) is 26.9. The van der Waals surface area contributed by atoms with Crippen LogP contribution in [0.15, 0.2) is 72.8 Å². The fraction of sp³-hybridized carbons (Fsp3) is 0.214. The zero-order valence-electron chi connectivity index (χ0n) is 21.1. The summed E-state index contributed by atoms with van der Waals surface area (Å²) >= 11 is 0. The average molecular weight is 505 g/mol. The van der Waals surface area contributed by atoms with Gasteiger partial charge in [-0.1, -0.05) is 54.1 Å². The fourth-order valence-corrected chi connectivity index (χ4v) is 3.09. The van der Waals surface area contributed by atoms with Gasteiger partial charge in [-0.3, -0.25) is 4.79 Å². The molecule has 3 aromatic carbocycles. The first-order valence-electron chi connectivity index (χ1n) is 11.4. The third kappa shape index (κ3) is 7.66. The molecule has 9 heteroatoms. The van der Waals surface area contributed by atoms with E-state index in [1.807, 2.05) is 6.92 Å². The Morgan fingerprint density at radius 2 is 1.41 bits per heavy atom. The third-order valence-corrected chi connectivity index (χ3v) is 5.21. The molecule has 3 rings (SSSR count). The summed E-state index contributed by atoms with van der Waals surface area (Å²) in [7, 11) is 4.50. The van der Waals surface area contributed by atoms with Crippen molar-refractivity contribution in [3.05, 3.63) is 95.1 Å². The molecule has 0 atom stereocenters. The van der Waals surface area contributed by atoms with Crippen LogP contribution in [0.5, 0.6) is 11.5 Å². The van der Waals surface area contributed by atoms with Crippen molar-refractivity contribution in [3.63, 3.8) is 0 Å². The Balaban J connectivity index is 1.70. The summed E-state index contributed by atoms with van der Waals surface area (Å²) in [5, 5.41) is 0. The van der Waals surface area contributed by atoms with Crippen LogP contribution in [0.3, 0.4) is 0 Å². The molecule has 0 aliphatic carbocycles. The van der Waals surface area contributed by atoms with Crippen LogP contribution in [0.1, 0.15) is 31.8 Å². The minimum absolute atomic E-state index is 0.0121. The van der Waals surface area contributed by atoms with Crippen molar-refractivity contribution in [2.24, 2.45) is 0 Å². The Kier molecular flexibility index (Phi) is 8.99. The molecule has 0 fully saturated rings. The van der Waals surface area contributed by atoms with Gasteiger partial charge in [-0.25, -0.2) is 14.4 Å². The maximum absolute atomic E-state index is 12.7. The summed E-state index contributed by atoms with van der Waals surface area (Å²) in [6.45, 7) is 1.58. The van der Waals surface area contributed by atoms with Crippen molar-refractivity contribution in [1.82, 2.24) is 9.80 Å². The number of carbonyl (C=O) groups is 4. The van der Waals surface area contributed by atoms with Gasteiger partial charge in [0.2, 0.25) is 0 Å². The van der Waals surface area contributed by atoms with Crippen LogP contribution in [0, 0.1) is 6.92 Å². The molecule has 0 radical (unpaired) electrons. The molecular formula is C28H28N2O7. The first-order chi connectivity index (χ1) is 17.6. The van der Waals surface area contributed by atoms with Gasteiger partial charge in [0.05, 0.1) is 12.1 Å². The maximum Gasteiger partial charge on any atom is 0.414 e. The van der Waals surface area contributed by atoms with Crippen LogP contribution in [-0.2, 0) is 11.3 Å². The number of esters is 1. The molecule has 0 N–H and O–H groups in total. The Morgan fingerprint density at radius 3 is 2.05 bits per heavy atom. The highest BCUT2D eigenvalue weighted by Crippen LogP contribution is 2.30. The normalized spacial score (nSPS) is 10.3. The molecule has 192 valence electrons. The zero-order valence-corrected chi connectivity index (χ0v) is 21.1. The van der Waals surface area contributed by atoms with E-state index in [9.17, 15) is 19.2 Å². The number of amides is 2. The highest BCUT2D eigenvalue weighted by Gasteiger charge is 2.19. The van der Waals surface area contributed by atoms with Gasteiger partial charge in [-0.15, -0.1) is 0 Å². The van der Waals surface area contributed by atoms with Gasteiger partial charge in [0, 0.05) is 26.7 Å². The third-order valence-electron chi connectivity index (χ3n) is 5.21. The number of rotatable bonds is 8. The van der Waals surface area contributed by atoms with Crippen molar-refractivity contribution in [2.45, 2.75) is 13.5 Å². The van der Waals surface area contributed by atoms with E-state index in [-0.39, 0.29) is 30.4 Å². The van der Waals surface area contributed by atoms with E-state index in [1.54, 1.807) is 60.7 Å². The summed E-state index contributed by atoms with van der Waals surface area (Å²) in [6, 6.07) is 19.9. The number of Topliss-reactive ketones (excluding diaryl/α,β-unsaturated/α-hetero) is 1. The van der Waals surface area contributed by atoms with Crippen molar-refractivity contribution < 1.29 is 33.4 Å². The summed E-state index contributed by atoms with van der Waals surface area (Å²) in [6.07, 6.45) is -1.36.